The van der Waals surface area contributed by atoms with E-state index in [1.807, 2.05) is 18.0 Å². The third-order valence-electron chi connectivity index (χ3n) is 4.98. The Morgan fingerprint density at radius 1 is 1.42 bits per heavy atom. The van der Waals surface area contributed by atoms with E-state index in [0.717, 1.165) is 32.1 Å². The van der Waals surface area contributed by atoms with Crippen LogP contribution in [-0.4, -0.2) is 38.4 Å². The van der Waals surface area contributed by atoms with Crippen molar-refractivity contribution in [2.24, 2.45) is 0 Å². The number of H-pyrrole nitrogens is 1. The highest BCUT2D eigenvalue weighted by atomic mass is 32.2. The summed E-state index contributed by atoms with van der Waals surface area (Å²) < 4.78 is 1.62. The van der Waals surface area contributed by atoms with Crippen LogP contribution in [0.25, 0.3) is 0 Å². The molecule has 3 rings (SSSR count). The Morgan fingerprint density at radius 2 is 2.23 bits per heavy atom. The molecule has 0 bridgehead atoms. The fourth-order valence-electron chi connectivity index (χ4n) is 3.46. The topological polar surface area (TPSA) is 71.0 Å². The van der Waals surface area contributed by atoms with E-state index in [-0.39, 0.29) is 23.4 Å². The summed E-state index contributed by atoms with van der Waals surface area (Å²) in [6.45, 7) is 2.71. The van der Waals surface area contributed by atoms with Crippen LogP contribution in [0.3, 0.4) is 0 Å². The van der Waals surface area contributed by atoms with E-state index < -0.39 is 0 Å². The number of benzene rings is 1. The third-order valence-corrected chi connectivity index (χ3v) is 5.94. The molecule has 1 aliphatic carbocycles. The van der Waals surface area contributed by atoms with Crippen molar-refractivity contribution in [2.45, 2.75) is 56.8 Å². The molecular formula is C19H26N4O2S. The smallest absolute Gasteiger partial charge is 0.338 e. The van der Waals surface area contributed by atoms with Crippen molar-refractivity contribution in [1.29, 1.82) is 0 Å². The van der Waals surface area contributed by atoms with Crippen molar-refractivity contribution in [3.05, 3.63) is 45.9 Å². The maximum absolute atomic E-state index is 12.7. The predicted octanol–water partition coefficient (Wildman–Crippen LogP) is 3.00. The molecule has 1 aromatic carbocycles. The second-order valence-corrected chi connectivity index (χ2v) is 7.66. The highest BCUT2D eigenvalue weighted by Crippen LogP contribution is 2.33. The quantitative estimate of drug-likeness (QED) is 0.756. The Hall–Kier alpha value is -2.02. The van der Waals surface area contributed by atoms with Gasteiger partial charge in [-0.1, -0.05) is 49.4 Å². The fraction of sp³-hybridized carbons (Fsp3) is 0.526. The average molecular weight is 375 g/mol. The summed E-state index contributed by atoms with van der Waals surface area (Å²) in [7, 11) is 1.88. The van der Waals surface area contributed by atoms with E-state index in [1.54, 1.807) is 4.57 Å². The number of thioether (sulfide) groups is 1. The Kier molecular flexibility index (Phi) is 6.19. The maximum Gasteiger partial charge on any atom is 0.343 e. The Labute approximate surface area is 158 Å². The molecule has 26 heavy (non-hydrogen) atoms. The number of amides is 1. The summed E-state index contributed by atoms with van der Waals surface area (Å²) in [5.41, 5.74) is 2.40. The van der Waals surface area contributed by atoms with Crippen LogP contribution in [-0.2, 0) is 17.8 Å². The van der Waals surface area contributed by atoms with Crippen LogP contribution in [0.2, 0.25) is 0 Å². The number of aryl methyl sites for hydroxylation is 1. The van der Waals surface area contributed by atoms with Gasteiger partial charge in [0, 0.05) is 13.6 Å². The molecule has 0 radical (unpaired) electrons. The lowest BCUT2D eigenvalue weighted by Crippen LogP contribution is -2.34. The van der Waals surface area contributed by atoms with Gasteiger partial charge in [0.05, 0.1) is 11.8 Å². The minimum absolute atomic E-state index is 0.0641. The number of rotatable bonds is 7. The largest absolute Gasteiger partial charge is 0.343 e. The fourth-order valence-corrected chi connectivity index (χ4v) is 4.36. The van der Waals surface area contributed by atoms with E-state index in [2.05, 4.69) is 35.3 Å². The summed E-state index contributed by atoms with van der Waals surface area (Å²) in [6, 6.07) is 8.53. The van der Waals surface area contributed by atoms with Crippen LogP contribution in [0.5, 0.6) is 0 Å². The van der Waals surface area contributed by atoms with Crippen molar-refractivity contribution < 1.29 is 4.79 Å². The van der Waals surface area contributed by atoms with Gasteiger partial charge in [-0.25, -0.2) is 9.89 Å². The number of hydrogen-bond donors (Lipinski definition) is 1. The molecule has 140 valence electrons. The van der Waals surface area contributed by atoms with Crippen molar-refractivity contribution in [3.63, 3.8) is 0 Å². The molecule has 1 amide bonds. The maximum atomic E-state index is 12.7. The highest BCUT2D eigenvalue weighted by Gasteiger charge is 2.26. The number of unbranched alkanes of at least 4 members (excludes halogenated alkanes) is 1. The standard InChI is InChI=1S/C19H26N4O2S/c1-3-4-12-23-18(25)20-21-19(23)26-13-17(24)22(2)16-11-7-9-14-8-5-6-10-15(14)16/h5-6,8,10,16H,3-4,7,9,11-13H2,1-2H3,(H,20,25). The van der Waals surface area contributed by atoms with Gasteiger partial charge in [0.1, 0.15) is 0 Å². The van der Waals surface area contributed by atoms with Gasteiger partial charge in [-0.15, -0.1) is 5.10 Å². The van der Waals surface area contributed by atoms with Crippen molar-refractivity contribution in [2.75, 3.05) is 12.8 Å². The lowest BCUT2D eigenvalue weighted by Gasteiger charge is -2.33. The van der Waals surface area contributed by atoms with Gasteiger partial charge in [-0.2, -0.15) is 0 Å². The van der Waals surface area contributed by atoms with Gasteiger partial charge >= 0.3 is 5.69 Å². The number of carbonyl (C=O) groups excluding carboxylic acids is 1. The minimum Gasteiger partial charge on any atom is -0.338 e. The molecule has 0 saturated carbocycles. The number of aromatic nitrogens is 3. The first-order chi connectivity index (χ1) is 12.6. The number of nitrogens with zero attached hydrogens (tertiary/aromatic N) is 3. The first-order valence-electron chi connectivity index (χ1n) is 9.23. The van der Waals surface area contributed by atoms with Crippen molar-refractivity contribution in [1.82, 2.24) is 19.7 Å². The van der Waals surface area contributed by atoms with Gasteiger partial charge in [0.15, 0.2) is 5.16 Å². The number of nitrogens with one attached hydrogen (secondary N) is 1. The zero-order valence-electron chi connectivity index (χ0n) is 15.4. The molecule has 1 heterocycles. The monoisotopic (exact) mass is 374 g/mol. The molecule has 1 aromatic heterocycles. The predicted molar refractivity (Wildman–Crippen MR) is 103 cm³/mol. The minimum atomic E-state index is -0.206. The van der Waals surface area contributed by atoms with Gasteiger partial charge in [-0.05, 0) is 36.8 Å². The van der Waals surface area contributed by atoms with E-state index in [0.29, 0.717) is 11.7 Å². The van der Waals surface area contributed by atoms with E-state index in [9.17, 15) is 9.59 Å². The summed E-state index contributed by atoms with van der Waals surface area (Å²) in [6.07, 6.45) is 5.10. The molecular weight excluding hydrogens is 348 g/mol. The van der Waals surface area contributed by atoms with Crippen molar-refractivity contribution in [3.8, 4) is 0 Å². The first kappa shape index (κ1) is 18.8. The molecule has 1 N–H and O–H groups in total. The first-order valence-corrected chi connectivity index (χ1v) is 10.2. The SMILES string of the molecule is CCCCn1c(SCC(=O)N(C)C2CCCc3ccccc32)n[nH]c1=O. The van der Waals surface area contributed by atoms with E-state index in [4.69, 9.17) is 0 Å². The van der Waals surface area contributed by atoms with Crippen LogP contribution in [0.4, 0.5) is 0 Å². The van der Waals surface area contributed by atoms with E-state index in [1.165, 1.54) is 22.9 Å². The summed E-state index contributed by atoms with van der Waals surface area (Å²) >= 11 is 1.33. The average Bonchev–Trinajstić information content (AvgIpc) is 3.02. The Morgan fingerprint density at radius 3 is 3.04 bits per heavy atom. The Balaban J connectivity index is 1.65. The summed E-state index contributed by atoms with van der Waals surface area (Å²) in [4.78, 5) is 26.4. The molecule has 1 atom stereocenters. The number of carbonyl (C=O) groups is 1. The molecule has 1 unspecified atom stereocenters. The molecule has 0 spiro atoms. The number of fused-ring (bicyclic) bond motifs is 1. The summed E-state index contributed by atoms with van der Waals surface area (Å²) in [5.74, 6) is 0.347. The zero-order valence-corrected chi connectivity index (χ0v) is 16.2. The highest BCUT2D eigenvalue weighted by molar-refractivity contribution is 7.99. The van der Waals surface area contributed by atoms with Gasteiger partial charge < -0.3 is 4.90 Å². The Bertz CT molecular complexity index is 814. The van der Waals surface area contributed by atoms with Gasteiger partial charge in [0.2, 0.25) is 5.91 Å². The second kappa shape index (κ2) is 8.58. The number of aromatic amines is 1. The molecule has 0 fully saturated rings. The lowest BCUT2D eigenvalue weighted by molar-refractivity contribution is -0.129. The number of hydrogen-bond acceptors (Lipinski definition) is 4. The van der Waals surface area contributed by atoms with Crippen LogP contribution < -0.4 is 5.69 Å². The van der Waals surface area contributed by atoms with Crippen LogP contribution in [0.15, 0.2) is 34.2 Å². The second-order valence-electron chi connectivity index (χ2n) is 6.72. The summed E-state index contributed by atoms with van der Waals surface area (Å²) in [5, 5.41) is 7.15. The molecule has 0 saturated heterocycles. The zero-order chi connectivity index (χ0) is 18.5. The van der Waals surface area contributed by atoms with Crippen LogP contribution in [0.1, 0.15) is 49.8 Å². The van der Waals surface area contributed by atoms with Crippen LogP contribution >= 0.6 is 11.8 Å². The molecule has 1 aliphatic rings. The van der Waals surface area contributed by atoms with Crippen LogP contribution in [0, 0.1) is 0 Å². The lowest BCUT2D eigenvalue weighted by atomic mass is 9.87. The molecule has 2 aromatic rings. The third kappa shape index (κ3) is 4.03. The van der Waals surface area contributed by atoms with Gasteiger partial charge in [-0.3, -0.25) is 9.36 Å². The van der Waals surface area contributed by atoms with E-state index >= 15 is 0 Å². The molecule has 0 aliphatic heterocycles. The normalized spacial score (nSPS) is 16.3. The van der Waals surface area contributed by atoms with Gasteiger partial charge in [0.25, 0.3) is 0 Å². The van der Waals surface area contributed by atoms with Crippen molar-refractivity contribution >= 4 is 17.7 Å². The molecule has 7 heteroatoms. The molecule has 6 nitrogen and oxygen atoms in total.